The Morgan fingerprint density at radius 1 is 1.31 bits per heavy atom. The van der Waals surface area contributed by atoms with Gasteiger partial charge >= 0.3 is 12.1 Å². The molecule has 133 valence electrons. The Morgan fingerprint density at radius 2 is 2.08 bits per heavy atom. The standard InChI is InChI=1S/C17H15N4O5/c22-11-15(12-3-5-13(23)6-4-12)19-16(24)20-7-8-21(17(20)25)18-10-14-2-1-9-26-14/h1-6,9-10,15,23H,7-8H2,(H,19,24)/b18-10+. The van der Waals surface area contributed by atoms with E-state index in [1.165, 1.54) is 36.7 Å². The van der Waals surface area contributed by atoms with Gasteiger partial charge in [0.05, 0.1) is 25.6 Å². The summed E-state index contributed by atoms with van der Waals surface area (Å²) in [5, 5.41) is 16.8. The molecule has 1 radical (unpaired) electrons. The zero-order chi connectivity index (χ0) is 18.5. The number of urea groups is 2. The number of carbonyl (C=O) groups excluding carboxylic acids is 3. The highest BCUT2D eigenvalue weighted by molar-refractivity contribution is 5.96. The normalized spacial score (nSPS) is 15.5. The van der Waals surface area contributed by atoms with E-state index in [9.17, 15) is 19.5 Å². The van der Waals surface area contributed by atoms with Crippen molar-refractivity contribution in [3.8, 4) is 5.75 Å². The number of carbonyl (C=O) groups is 2. The molecule has 0 saturated carbocycles. The number of rotatable bonds is 5. The van der Waals surface area contributed by atoms with Crippen LogP contribution in [0.5, 0.6) is 5.75 Å². The van der Waals surface area contributed by atoms with E-state index in [0.29, 0.717) is 11.3 Å². The van der Waals surface area contributed by atoms with Crippen molar-refractivity contribution in [1.29, 1.82) is 0 Å². The van der Waals surface area contributed by atoms with E-state index >= 15 is 0 Å². The molecule has 1 aliphatic heterocycles. The van der Waals surface area contributed by atoms with Gasteiger partial charge in [0.2, 0.25) is 6.29 Å². The lowest BCUT2D eigenvalue weighted by molar-refractivity contribution is 0.185. The van der Waals surface area contributed by atoms with Crippen LogP contribution in [0.25, 0.3) is 0 Å². The summed E-state index contributed by atoms with van der Waals surface area (Å²) < 4.78 is 5.09. The number of hydrazone groups is 1. The molecule has 1 aromatic heterocycles. The molecule has 0 bridgehead atoms. The van der Waals surface area contributed by atoms with Crippen LogP contribution >= 0.6 is 0 Å². The quantitative estimate of drug-likeness (QED) is 0.791. The van der Waals surface area contributed by atoms with Crippen molar-refractivity contribution in [1.82, 2.24) is 15.2 Å². The van der Waals surface area contributed by atoms with Crippen molar-refractivity contribution in [3.63, 3.8) is 0 Å². The molecule has 1 aromatic carbocycles. The summed E-state index contributed by atoms with van der Waals surface area (Å²) in [6.07, 6.45) is 4.56. The van der Waals surface area contributed by atoms with Gasteiger partial charge in [0, 0.05) is 0 Å². The second-order valence-electron chi connectivity index (χ2n) is 5.41. The molecule has 9 heteroatoms. The lowest BCUT2D eigenvalue weighted by atomic mass is 10.1. The number of aromatic hydroxyl groups is 1. The van der Waals surface area contributed by atoms with Gasteiger partial charge < -0.3 is 14.8 Å². The number of nitrogens with one attached hydrogen (secondary N) is 1. The smallest absolute Gasteiger partial charge is 0.348 e. The molecule has 2 N–H and O–H groups in total. The summed E-state index contributed by atoms with van der Waals surface area (Å²) in [4.78, 5) is 36.7. The largest absolute Gasteiger partial charge is 0.508 e. The fraction of sp³-hybridized carbons (Fsp3) is 0.176. The maximum absolute atomic E-state index is 12.3. The van der Waals surface area contributed by atoms with Gasteiger partial charge in [-0.2, -0.15) is 5.10 Å². The van der Waals surface area contributed by atoms with Gasteiger partial charge in [-0.3, -0.25) is 4.79 Å². The van der Waals surface area contributed by atoms with E-state index in [2.05, 4.69) is 10.4 Å². The van der Waals surface area contributed by atoms with Crippen LogP contribution in [0.4, 0.5) is 9.59 Å². The molecule has 2 heterocycles. The molecule has 9 nitrogen and oxygen atoms in total. The molecule has 1 fully saturated rings. The molecule has 2 aromatic rings. The molecule has 0 aliphatic carbocycles. The topological polar surface area (TPSA) is 115 Å². The van der Waals surface area contributed by atoms with Gasteiger partial charge in [-0.25, -0.2) is 19.5 Å². The third-order valence-corrected chi connectivity index (χ3v) is 3.71. The Hall–Kier alpha value is -3.62. The van der Waals surface area contributed by atoms with Gasteiger partial charge in [0.25, 0.3) is 0 Å². The van der Waals surface area contributed by atoms with Gasteiger partial charge in [-0.05, 0) is 29.8 Å². The summed E-state index contributed by atoms with van der Waals surface area (Å²) >= 11 is 0. The zero-order valence-corrected chi connectivity index (χ0v) is 13.5. The van der Waals surface area contributed by atoms with E-state index < -0.39 is 18.1 Å². The maximum atomic E-state index is 12.3. The van der Waals surface area contributed by atoms with Crippen molar-refractivity contribution >= 4 is 24.6 Å². The summed E-state index contributed by atoms with van der Waals surface area (Å²) in [6, 6.07) is 6.71. The number of imide groups is 1. The van der Waals surface area contributed by atoms with Crippen molar-refractivity contribution in [2.24, 2.45) is 5.10 Å². The fourth-order valence-electron chi connectivity index (χ4n) is 2.36. The van der Waals surface area contributed by atoms with E-state index in [1.54, 1.807) is 18.4 Å². The fourth-order valence-corrected chi connectivity index (χ4v) is 2.36. The van der Waals surface area contributed by atoms with Gasteiger partial charge in [0.15, 0.2) is 0 Å². The van der Waals surface area contributed by atoms with E-state index in [1.807, 2.05) is 0 Å². The number of nitrogens with zero attached hydrogens (tertiary/aromatic N) is 3. The first-order chi connectivity index (χ1) is 12.6. The lowest BCUT2D eigenvalue weighted by Crippen LogP contribution is -2.43. The van der Waals surface area contributed by atoms with Crippen LogP contribution in [0.3, 0.4) is 0 Å². The lowest BCUT2D eigenvalue weighted by Gasteiger charge is -2.18. The Morgan fingerprint density at radius 3 is 2.73 bits per heavy atom. The average molecular weight is 355 g/mol. The van der Waals surface area contributed by atoms with Crippen LogP contribution < -0.4 is 5.32 Å². The number of furan rings is 1. The first-order valence-corrected chi connectivity index (χ1v) is 7.72. The Bertz CT molecular complexity index is 816. The highest BCUT2D eigenvalue weighted by Gasteiger charge is 2.34. The molecular formula is C17H15N4O5. The number of phenolic OH excluding ortho intramolecular Hbond substituents is 1. The number of hydrogen-bond donors (Lipinski definition) is 2. The molecule has 1 atom stereocenters. The highest BCUT2D eigenvalue weighted by atomic mass is 16.3. The first-order valence-electron chi connectivity index (χ1n) is 7.72. The Balaban J connectivity index is 1.63. The minimum absolute atomic E-state index is 0.0320. The van der Waals surface area contributed by atoms with E-state index in [0.717, 1.165) is 9.91 Å². The van der Waals surface area contributed by atoms with Crippen LogP contribution in [0.2, 0.25) is 0 Å². The molecule has 1 unspecified atom stereocenters. The summed E-state index contributed by atoms with van der Waals surface area (Å²) in [5.41, 5.74) is 0.436. The zero-order valence-electron chi connectivity index (χ0n) is 13.5. The molecule has 26 heavy (non-hydrogen) atoms. The summed E-state index contributed by atoms with van der Waals surface area (Å²) in [6.45, 7) is 0.347. The Kier molecular flexibility index (Phi) is 4.97. The minimum atomic E-state index is -1.06. The number of benzene rings is 1. The number of phenols is 1. The molecule has 0 spiro atoms. The third-order valence-electron chi connectivity index (χ3n) is 3.71. The van der Waals surface area contributed by atoms with E-state index in [-0.39, 0.29) is 18.8 Å². The third kappa shape index (κ3) is 3.72. The second-order valence-corrected chi connectivity index (χ2v) is 5.41. The van der Waals surface area contributed by atoms with Gasteiger partial charge in [-0.15, -0.1) is 0 Å². The van der Waals surface area contributed by atoms with E-state index in [4.69, 9.17) is 4.42 Å². The first kappa shape index (κ1) is 17.2. The molecule has 1 aliphatic rings. The van der Waals surface area contributed by atoms with Gasteiger partial charge in [-0.1, -0.05) is 12.1 Å². The molecular weight excluding hydrogens is 340 g/mol. The van der Waals surface area contributed by atoms with Crippen molar-refractivity contribution in [3.05, 3.63) is 54.0 Å². The predicted octanol–water partition coefficient (Wildman–Crippen LogP) is 1.62. The van der Waals surface area contributed by atoms with Crippen LogP contribution in [-0.4, -0.2) is 52.7 Å². The summed E-state index contributed by atoms with van der Waals surface area (Å²) in [7, 11) is 0. The Labute approximate surface area is 148 Å². The molecule has 4 amide bonds. The van der Waals surface area contributed by atoms with Crippen molar-refractivity contribution in [2.75, 3.05) is 13.1 Å². The number of hydrogen-bond acceptors (Lipinski definition) is 6. The SMILES string of the molecule is O=[C]C(NC(=O)N1CCN(/N=C/c2ccco2)C1=O)c1ccc(O)cc1. The molecule has 1 saturated heterocycles. The van der Waals surface area contributed by atoms with Crippen LogP contribution in [0.1, 0.15) is 17.4 Å². The van der Waals surface area contributed by atoms with Crippen LogP contribution in [0.15, 0.2) is 52.2 Å². The highest BCUT2D eigenvalue weighted by Crippen LogP contribution is 2.17. The predicted molar refractivity (Wildman–Crippen MR) is 90.2 cm³/mol. The second kappa shape index (κ2) is 7.51. The number of amides is 4. The molecule has 3 rings (SSSR count). The van der Waals surface area contributed by atoms with Crippen LogP contribution in [-0.2, 0) is 4.79 Å². The average Bonchev–Trinajstić information content (AvgIpc) is 3.28. The minimum Gasteiger partial charge on any atom is -0.508 e. The van der Waals surface area contributed by atoms with Crippen LogP contribution in [0, 0.1) is 0 Å². The van der Waals surface area contributed by atoms with Crippen molar-refractivity contribution < 1.29 is 23.9 Å². The summed E-state index contributed by atoms with van der Waals surface area (Å²) in [5.74, 6) is 0.508. The maximum Gasteiger partial charge on any atom is 0.348 e. The van der Waals surface area contributed by atoms with Crippen molar-refractivity contribution in [2.45, 2.75) is 6.04 Å². The monoisotopic (exact) mass is 355 g/mol. The van der Waals surface area contributed by atoms with Gasteiger partial charge in [0.1, 0.15) is 17.6 Å².